The standard InChI is InChI=1S/C22H25Cl2N5O2S/c1-15-13-28(10-11-29(15)21(31)16-4-6-17(23)7-5-16)19-12-18(24)25-22(26-19)32-14-20(30)27-8-2-3-9-27/h4-7,12,15H,2-3,8-11,13-14H2,1H3. The molecule has 0 N–H and O–H groups in total. The third-order valence-electron chi connectivity index (χ3n) is 5.75. The minimum absolute atomic E-state index is 0.00600. The van der Waals surface area contributed by atoms with Gasteiger partial charge < -0.3 is 14.7 Å². The summed E-state index contributed by atoms with van der Waals surface area (Å²) in [5, 5.41) is 1.45. The van der Waals surface area contributed by atoms with Crippen LogP contribution in [0.25, 0.3) is 0 Å². The van der Waals surface area contributed by atoms with E-state index in [2.05, 4.69) is 14.9 Å². The van der Waals surface area contributed by atoms with Gasteiger partial charge in [0.1, 0.15) is 11.0 Å². The topological polar surface area (TPSA) is 69.6 Å². The average molecular weight is 494 g/mol. The molecule has 0 spiro atoms. The third kappa shape index (κ3) is 5.47. The van der Waals surface area contributed by atoms with Crippen LogP contribution < -0.4 is 4.90 Å². The predicted molar refractivity (Wildman–Crippen MR) is 128 cm³/mol. The van der Waals surface area contributed by atoms with Gasteiger partial charge >= 0.3 is 0 Å². The van der Waals surface area contributed by atoms with Crippen molar-refractivity contribution in [2.45, 2.75) is 31.0 Å². The van der Waals surface area contributed by atoms with Crippen molar-refractivity contribution in [3.05, 3.63) is 46.1 Å². The molecular weight excluding hydrogens is 469 g/mol. The van der Waals surface area contributed by atoms with Crippen molar-refractivity contribution in [1.29, 1.82) is 0 Å². The van der Waals surface area contributed by atoms with E-state index >= 15 is 0 Å². The number of likely N-dealkylation sites (tertiary alicyclic amines) is 1. The van der Waals surface area contributed by atoms with Crippen LogP contribution in [0.1, 0.15) is 30.1 Å². The number of amides is 2. The molecule has 170 valence electrons. The SMILES string of the molecule is CC1CN(c2cc(Cl)nc(SCC(=O)N3CCCC3)n2)CCN1C(=O)c1ccc(Cl)cc1. The van der Waals surface area contributed by atoms with E-state index in [4.69, 9.17) is 23.2 Å². The zero-order chi connectivity index (χ0) is 22.7. The second-order valence-corrected chi connectivity index (χ2v) is 9.77. The summed E-state index contributed by atoms with van der Waals surface area (Å²) in [5.74, 6) is 1.12. The smallest absolute Gasteiger partial charge is 0.254 e. The summed E-state index contributed by atoms with van der Waals surface area (Å²) in [6, 6.07) is 8.69. The molecule has 3 heterocycles. The van der Waals surface area contributed by atoms with Crippen molar-refractivity contribution in [1.82, 2.24) is 19.8 Å². The molecule has 1 aromatic heterocycles. The third-order valence-corrected chi connectivity index (χ3v) is 7.03. The highest BCUT2D eigenvalue weighted by Crippen LogP contribution is 2.25. The van der Waals surface area contributed by atoms with Crippen LogP contribution in [-0.2, 0) is 4.79 Å². The van der Waals surface area contributed by atoms with Gasteiger partial charge in [-0.1, -0.05) is 35.0 Å². The number of nitrogens with zero attached hydrogens (tertiary/aromatic N) is 5. The fourth-order valence-electron chi connectivity index (χ4n) is 4.02. The second-order valence-electron chi connectivity index (χ2n) is 8.01. The van der Waals surface area contributed by atoms with E-state index in [1.807, 2.05) is 16.7 Å². The Morgan fingerprint density at radius 1 is 1.06 bits per heavy atom. The van der Waals surface area contributed by atoms with E-state index < -0.39 is 0 Å². The van der Waals surface area contributed by atoms with Crippen molar-refractivity contribution in [3.8, 4) is 0 Å². The van der Waals surface area contributed by atoms with Crippen molar-refractivity contribution >= 4 is 52.6 Å². The van der Waals surface area contributed by atoms with Gasteiger partial charge in [0.15, 0.2) is 5.16 Å². The molecule has 0 aliphatic carbocycles. The zero-order valence-electron chi connectivity index (χ0n) is 17.8. The minimum Gasteiger partial charge on any atom is -0.353 e. The van der Waals surface area contributed by atoms with E-state index in [0.29, 0.717) is 52.1 Å². The molecule has 32 heavy (non-hydrogen) atoms. The Morgan fingerprint density at radius 2 is 1.78 bits per heavy atom. The number of rotatable bonds is 5. The molecule has 0 radical (unpaired) electrons. The summed E-state index contributed by atoms with van der Waals surface area (Å²) in [4.78, 5) is 40.0. The maximum Gasteiger partial charge on any atom is 0.254 e. The number of hydrogen-bond acceptors (Lipinski definition) is 6. The zero-order valence-corrected chi connectivity index (χ0v) is 20.2. The molecule has 2 fully saturated rings. The number of aromatic nitrogens is 2. The molecule has 1 unspecified atom stereocenters. The minimum atomic E-state index is -0.00814. The van der Waals surface area contributed by atoms with Crippen LogP contribution in [0.2, 0.25) is 10.2 Å². The number of hydrogen-bond donors (Lipinski definition) is 0. The number of thioether (sulfide) groups is 1. The first-order chi connectivity index (χ1) is 15.4. The van der Waals surface area contributed by atoms with Gasteiger partial charge in [-0.2, -0.15) is 0 Å². The first-order valence-corrected chi connectivity index (χ1v) is 12.4. The lowest BCUT2D eigenvalue weighted by atomic mass is 10.1. The van der Waals surface area contributed by atoms with Gasteiger partial charge in [0, 0.05) is 55.4 Å². The highest BCUT2D eigenvalue weighted by molar-refractivity contribution is 7.99. The molecule has 10 heteroatoms. The molecule has 0 bridgehead atoms. The summed E-state index contributed by atoms with van der Waals surface area (Å²) in [7, 11) is 0. The molecule has 2 aliphatic heterocycles. The van der Waals surface area contributed by atoms with Gasteiger partial charge in [0.25, 0.3) is 5.91 Å². The molecule has 0 saturated carbocycles. The molecular formula is C22H25Cl2N5O2S. The van der Waals surface area contributed by atoms with Crippen molar-refractivity contribution < 1.29 is 9.59 Å². The lowest BCUT2D eigenvalue weighted by molar-refractivity contribution is -0.127. The fraction of sp³-hybridized carbons (Fsp3) is 0.455. The first kappa shape index (κ1) is 23.1. The maximum atomic E-state index is 12.9. The highest BCUT2D eigenvalue weighted by Gasteiger charge is 2.29. The number of halogens is 2. The summed E-state index contributed by atoms with van der Waals surface area (Å²) < 4.78 is 0. The van der Waals surface area contributed by atoms with Crippen LogP contribution >= 0.6 is 35.0 Å². The summed E-state index contributed by atoms with van der Waals surface area (Å²) in [5.41, 5.74) is 0.626. The summed E-state index contributed by atoms with van der Waals surface area (Å²) >= 11 is 13.5. The molecule has 1 aromatic carbocycles. The van der Waals surface area contributed by atoms with Crippen LogP contribution in [0.15, 0.2) is 35.5 Å². The molecule has 2 aliphatic rings. The van der Waals surface area contributed by atoms with E-state index in [-0.39, 0.29) is 17.9 Å². The Bertz CT molecular complexity index is 985. The second kappa shape index (κ2) is 10.3. The monoisotopic (exact) mass is 493 g/mol. The van der Waals surface area contributed by atoms with Gasteiger partial charge in [-0.25, -0.2) is 9.97 Å². The number of benzene rings is 1. The number of carbonyl (C=O) groups is 2. The van der Waals surface area contributed by atoms with Gasteiger partial charge in [0.05, 0.1) is 5.75 Å². The van der Waals surface area contributed by atoms with Crippen LogP contribution in [-0.4, -0.2) is 76.1 Å². The van der Waals surface area contributed by atoms with Crippen LogP contribution in [0.3, 0.4) is 0 Å². The van der Waals surface area contributed by atoms with Crippen LogP contribution in [0.5, 0.6) is 0 Å². The van der Waals surface area contributed by atoms with Crippen molar-refractivity contribution in [3.63, 3.8) is 0 Å². The van der Waals surface area contributed by atoms with Crippen LogP contribution in [0.4, 0.5) is 5.82 Å². The average Bonchev–Trinajstić information content (AvgIpc) is 3.32. The summed E-state index contributed by atoms with van der Waals surface area (Å²) in [6.07, 6.45) is 2.14. The van der Waals surface area contributed by atoms with E-state index in [0.717, 1.165) is 25.9 Å². The van der Waals surface area contributed by atoms with E-state index in [1.165, 1.54) is 11.8 Å². The largest absolute Gasteiger partial charge is 0.353 e. The van der Waals surface area contributed by atoms with E-state index in [9.17, 15) is 9.59 Å². The van der Waals surface area contributed by atoms with Gasteiger partial charge in [-0.15, -0.1) is 0 Å². The molecule has 2 aromatic rings. The quantitative estimate of drug-likeness (QED) is 0.358. The van der Waals surface area contributed by atoms with Crippen molar-refractivity contribution in [2.24, 2.45) is 0 Å². The maximum absolute atomic E-state index is 12.9. The number of anilines is 1. The highest BCUT2D eigenvalue weighted by atomic mass is 35.5. The lowest BCUT2D eigenvalue weighted by Gasteiger charge is -2.40. The molecule has 2 saturated heterocycles. The lowest BCUT2D eigenvalue weighted by Crippen LogP contribution is -2.54. The molecule has 1 atom stereocenters. The van der Waals surface area contributed by atoms with Crippen LogP contribution in [0, 0.1) is 0 Å². The van der Waals surface area contributed by atoms with Crippen molar-refractivity contribution in [2.75, 3.05) is 43.4 Å². The molecule has 4 rings (SSSR count). The fourth-order valence-corrected chi connectivity index (χ4v) is 5.13. The number of carbonyl (C=O) groups excluding carboxylic acids is 2. The Hall–Kier alpha value is -2.03. The molecule has 2 amide bonds. The Kier molecular flexibility index (Phi) is 7.43. The van der Waals surface area contributed by atoms with E-state index in [1.54, 1.807) is 30.3 Å². The number of piperazine rings is 1. The Morgan fingerprint density at radius 3 is 2.47 bits per heavy atom. The molecule has 7 nitrogen and oxygen atoms in total. The Balaban J connectivity index is 1.39. The van der Waals surface area contributed by atoms with Gasteiger partial charge in [-0.3, -0.25) is 9.59 Å². The predicted octanol–water partition coefficient (Wildman–Crippen LogP) is 3.85. The summed E-state index contributed by atoms with van der Waals surface area (Å²) in [6.45, 7) is 5.51. The Labute approximate surface area is 202 Å². The van der Waals surface area contributed by atoms with Gasteiger partial charge in [-0.05, 0) is 44.0 Å². The normalized spacial score (nSPS) is 18.8. The first-order valence-electron chi connectivity index (χ1n) is 10.7. The van der Waals surface area contributed by atoms with Gasteiger partial charge in [0.2, 0.25) is 5.91 Å².